The van der Waals surface area contributed by atoms with E-state index in [1.54, 1.807) is 32.0 Å². The molecule has 3 rings (SSSR count). The average Bonchev–Trinajstić information content (AvgIpc) is 3.26. The molecule has 1 amide bonds. The van der Waals surface area contributed by atoms with Gasteiger partial charge in [-0.3, -0.25) is 9.52 Å². The van der Waals surface area contributed by atoms with Crippen LogP contribution in [-0.4, -0.2) is 45.9 Å². The minimum atomic E-state index is -3.52. The predicted molar refractivity (Wildman–Crippen MR) is 117 cm³/mol. The molecule has 1 aliphatic rings. The van der Waals surface area contributed by atoms with E-state index < -0.39 is 20.0 Å². The Morgan fingerprint density at radius 1 is 1.00 bits per heavy atom. The fourth-order valence-electron chi connectivity index (χ4n) is 3.15. The second-order valence-corrected chi connectivity index (χ2v) is 11.1. The molecule has 162 valence electrons. The van der Waals surface area contributed by atoms with Crippen LogP contribution in [0.25, 0.3) is 0 Å². The van der Waals surface area contributed by atoms with Crippen LogP contribution in [0.1, 0.15) is 35.7 Å². The molecule has 1 saturated heterocycles. The van der Waals surface area contributed by atoms with Gasteiger partial charge in [-0.2, -0.15) is 4.31 Å². The molecule has 0 spiro atoms. The van der Waals surface area contributed by atoms with E-state index >= 15 is 0 Å². The van der Waals surface area contributed by atoms with Crippen molar-refractivity contribution in [2.24, 2.45) is 0 Å². The zero-order chi connectivity index (χ0) is 21.9. The number of hydrogen-bond acceptors (Lipinski definition) is 5. The van der Waals surface area contributed by atoms with Crippen molar-refractivity contribution < 1.29 is 21.6 Å². The highest BCUT2D eigenvalue weighted by atomic mass is 32.2. The maximum absolute atomic E-state index is 12.6. The molecule has 0 aromatic heterocycles. The van der Waals surface area contributed by atoms with Gasteiger partial charge in [-0.05, 0) is 74.7 Å². The Kier molecular flexibility index (Phi) is 6.49. The van der Waals surface area contributed by atoms with Gasteiger partial charge in [0.15, 0.2) is 0 Å². The SMILES string of the molecule is CCS(=O)(=O)Nc1ccc(NC(=O)c2ccc(S(=O)(=O)N3CCCC3)cc2)cc1C. The van der Waals surface area contributed by atoms with Crippen LogP contribution in [0.3, 0.4) is 0 Å². The van der Waals surface area contributed by atoms with Crippen LogP contribution >= 0.6 is 0 Å². The van der Waals surface area contributed by atoms with Crippen molar-refractivity contribution in [3.63, 3.8) is 0 Å². The standard InChI is InChI=1S/C20H25N3O5S2/c1-3-29(25,26)22-19-11-8-17(14-15(19)2)21-20(24)16-6-9-18(10-7-16)30(27,28)23-12-4-5-13-23/h6-11,14,22H,3-5,12-13H2,1-2H3,(H,21,24). The van der Waals surface area contributed by atoms with Crippen molar-refractivity contribution in [1.29, 1.82) is 0 Å². The Balaban J connectivity index is 1.71. The number of rotatable bonds is 7. The van der Waals surface area contributed by atoms with Gasteiger partial charge in [-0.1, -0.05) is 0 Å². The monoisotopic (exact) mass is 451 g/mol. The fraction of sp³-hybridized carbons (Fsp3) is 0.350. The van der Waals surface area contributed by atoms with E-state index in [9.17, 15) is 21.6 Å². The summed E-state index contributed by atoms with van der Waals surface area (Å²) in [5.41, 5.74) is 1.94. The Hall–Kier alpha value is -2.43. The lowest BCUT2D eigenvalue weighted by Gasteiger charge is -2.15. The smallest absolute Gasteiger partial charge is 0.255 e. The third kappa shape index (κ3) is 5.00. The van der Waals surface area contributed by atoms with Gasteiger partial charge in [-0.25, -0.2) is 16.8 Å². The Labute approximate surface area is 177 Å². The molecule has 0 atom stereocenters. The van der Waals surface area contributed by atoms with E-state index in [1.807, 2.05) is 0 Å². The molecule has 0 bridgehead atoms. The molecule has 1 aliphatic heterocycles. The first kappa shape index (κ1) is 22.3. The van der Waals surface area contributed by atoms with E-state index in [-0.39, 0.29) is 16.6 Å². The molecular weight excluding hydrogens is 426 g/mol. The first-order valence-electron chi connectivity index (χ1n) is 9.65. The molecule has 0 unspecified atom stereocenters. The number of hydrogen-bond donors (Lipinski definition) is 2. The molecule has 0 radical (unpaired) electrons. The minimum absolute atomic E-state index is 0.0333. The number of sulfonamides is 2. The number of amides is 1. The van der Waals surface area contributed by atoms with Gasteiger partial charge in [0.05, 0.1) is 16.3 Å². The van der Waals surface area contributed by atoms with Crippen molar-refractivity contribution in [2.45, 2.75) is 31.6 Å². The number of nitrogens with one attached hydrogen (secondary N) is 2. The topological polar surface area (TPSA) is 113 Å². The summed E-state index contributed by atoms with van der Waals surface area (Å²) in [5, 5.41) is 2.74. The van der Waals surface area contributed by atoms with Gasteiger partial charge in [0.25, 0.3) is 5.91 Å². The molecule has 8 nitrogen and oxygen atoms in total. The number of carbonyl (C=O) groups excluding carboxylic acids is 1. The molecule has 1 heterocycles. The summed E-state index contributed by atoms with van der Waals surface area (Å²) in [4.78, 5) is 12.7. The van der Waals surface area contributed by atoms with Crippen LogP contribution in [-0.2, 0) is 20.0 Å². The van der Waals surface area contributed by atoms with Crippen molar-refractivity contribution in [3.8, 4) is 0 Å². The normalized spacial score (nSPS) is 15.1. The second kappa shape index (κ2) is 8.75. The summed E-state index contributed by atoms with van der Waals surface area (Å²) in [5.74, 6) is -0.421. The van der Waals surface area contributed by atoms with Gasteiger partial charge < -0.3 is 5.32 Å². The van der Waals surface area contributed by atoms with Crippen molar-refractivity contribution in [2.75, 3.05) is 28.9 Å². The molecule has 2 aromatic rings. The minimum Gasteiger partial charge on any atom is -0.322 e. The Bertz CT molecular complexity index is 1140. The van der Waals surface area contributed by atoms with Crippen LogP contribution in [0.15, 0.2) is 47.4 Å². The summed E-state index contributed by atoms with van der Waals surface area (Å²) >= 11 is 0. The van der Waals surface area contributed by atoms with Gasteiger partial charge in [0.1, 0.15) is 0 Å². The molecule has 2 N–H and O–H groups in total. The largest absolute Gasteiger partial charge is 0.322 e. The lowest BCUT2D eigenvalue weighted by Crippen LogP contribution is -2.27. The van der Waals surface area contributed by atoms with Crippen molar-refractivity contribution >= 4 is 37.3 Å². The lowest BCUT2D eigenvalue weighted by molar-refractivity contribution is 0.102. The molecule has 2 aromatic carbocycles. The van der Waals surface area contributed by atoms with E-state index in [0.717, 1.165) is 12.8 Å². The summed E-state index contributed by atoms with van der Waals surface area (Å²) < 4.78 is 52.5. The molecule has 0 saturated carbocycles. The third-order valence-electron chi connectivity index (χ3n) is 4.95. The van der Waals surface area contributed by atoms with E-state index in [1.165, 1.54) is 28.6 Å². The molecule has 0 aliphatic carbocycles. The summed E-state index contributed by atoms with van der Waals surface area (Å²) in [6.45, 7) is 4.33. The summed E-state index contributed by atoms with van der Waals surface area (Å²) in [7, 11) is -6.91. The number of aryl methyl sites for hydroxylation is 1. The number of anilines is 2. The van der Waals surface area contributed by atoms with Crippen LogP contribution < -0.4 is 10.0 Å². The summed E-state index contributed by atoms with van der Waals surface area (Å²) in [6, 6.07) is 10.7. The maximum Gasteiger partial charge on any atom is 0.255 e. The number of benzene rings is 2. The van der Waals surface area contributed by atoms with E-state index in [2.05, 4.69) is 10.0 Å². The molecule has 10 heteroatoms. The van der Waals surface area contributed by atoms with Crippen molar-refractivity contribution in [1.82, 2.24) is 4.31 Å². The van der Waals surface area contributed by atoms with Crippen LogP contribution in [0, 0.1) is 6.92 Å². The average molecular weight is 452 g/mol. The quantitative estimate of drug-likeness (QED) is 0.672. The number of carbonyl (C=O) groups is 1. The summed E-state index contributed by atoms with van der Waals surface area (Å²) in [6.07, 6.45) is 1.72. The fourth-order valence-corrected chi connectivity index (χ4v) is 5.38. The van der Waals surface area contributed by atoms with Crippen LogP contribution in [0.4, 0.5) is 11.4 Å². The third-order valence-corrected chi connectivity index (χ3v) is 8.15. The lowest BCUT2D eigenvalue weighted by atomic mass is 10.1. The highest BCUT2D eigenvalue weighted by molar-refractivity contribution is 7.92. The van der Waals surface area contributed by atoms with Crippen LogP contribution in [0.2, 0.25) is 0 Å². The molecule has 30 heavy (non-hydrogen) atoms. The first-order valence-corrected chi connectivity index (χ1v) is 12.7. The highest BCUT2D eigenvalue weighted by Gasteiger charge is 2.27. The second-order valence-electron chi connectivity index (χ2n) is 7.12. The predicted octanol–water partition coefficient (Wildman–Crippen LogP) is 2.79. The van der Waals surface area contributed by atoms with Gasteiger partial charge >= 0.3 is 0 Å². The molecular formula is C20H25N3O5S2. The Morgan fingerprint density at radius 2 is 1.63 bits per heavy atom. The maximum atomic E-state index is 12.6. The van der Waals surface area contributed by atoms with E-state index in [0.29, 0.717) is 35.6 Å². The van der Waals surface area contributed by atoms with Gasteiger partial charge in [-0.15, -0.1) is 0 Å². The number of nitrogens with zero attached hydrogens (tertiary/aromatic N) is 1. The zero-order valence-corrected chi connectivity index (χ0v) is 18.5. The highest BCUT2D eigenvalue weighted by Crippen LogP contribution is 2.23. The van der Waals surface area contributed by atoms with Crippen molar-refractivity contribution in [3.05, 3.63) is 53.6 Å². The van der Waals surface area contributed by atoms with E-state index in [4.69, 9.17) is 0 Å². The van der Waals surface area contributed by atoms with Gasteiger partial charge in [0.2, 0.25) is 20.0 Å². The van der Waals surface area contributed by atoms with Gasteiger partial charge in [0, 0.05) is 24.3 Å². The molecule has 1 fully saturated rings. The zero-order valence-electron chi connectivity index (χ0n) is 16.9. The van der Waals surface area contributed by atoms with Crippen LogP contribution in [0.5, 0.6) is 0 Å². The first-order chi connectivity index (χ1) is 14.1. The Morgan fingerprint density at radius 3 is 2.20 bits per heavy atom.